The molecule has 4 aromatic rings. The fraction of sp³-hybridized carbons (Fsp3) is 0.394. The molecule has 1 atom stereocenters. The van der Waals surface area contributed by atoms with Crippen molar-refractivity contribution >= 4 is 45.9 Å². The Hall–Kier alpha value is -4.64. The third-order valence-corrected chi connectivity index (χ3v) is 8.33. The molecule has 11 nitrogen and oxygen atoms in total. The van der Waals surface area contributed by atoms with Crippen LogP contribution in [0.3, 0.4) is 0 Å². The SMILES string of the molecule is Cc1cc(NC(=O)c2cccc(Nc3ccnc4[nH]nc(NC5CCCN(C(=O)N6CCOCC6)C5)c34)c2)ccc1C(C)C. The van der Waals surface area contributed by atoms with E-state index in [4.69, 9.17) is 4.74 Å². The molecule has 0 saturated carbocycles. The van der Waals surface area contributed by atoms with E-state index >= 15 is 0 Å². The van der Waals surface area contributed by atoms with E-state index < -0.39 is 0 Å². The first-order valence-electron chi connectivity index (χ1n) is 15.4. The zero-order valence-electron chi connectivity index (χ0n) is 25.5. The summed E-state index contributed by atoms with van der Waals surface area (Å²) in [6, 6.07) is 15.5. The van der Waals surface area contributed by atoms with Crippen molar-refractivity contribution in [3.05, 3.63) is 71.4 Å². The number of morpholine rings is 1. The smallest absolute Gasteiger partial charge is 0.320 e. The lowest BCUT2D eigenvalue weighted by Gasteiger charge is -2.37. The van der Waals surface area contributed by atoms with Crippen molar-refractivity contribution in [1.29, 1.82) is 0 Å². The summed E-state index contributed by atoms with van der Waals surface area (Å²) < 4.78 is 5.41. The van der Waals surface area contributed by atoms with Crippen molar-refractivity contribution in [2.75, 3.05) is 55.3 Å². The van der Waals surface area contributed by atoms with Crippen LogP contribution in [0.1, 0.15) is 54.1 Å². The highest BCUT2D eigenvalue weighted by Crippen LogP contribution is 2.31. The Morgan fingerprint density at radius 2 is 1.86 bits per heavy atom. The number of carbonyl (C=O) groups excluding carboxylic acids is 2. The maximum atomic E-state index is 13.2. The number of rotatable bonds is 7. The number of ether oxygens (including phenoxy) is 1. The van der Waals surface area contributed by atoms with Crippen molar-refractivity contribution in [2.45, 2.75) is 45.6 Å². The number of nitrogens with zero attached hydrogens (tertiary/aromatic N) is 4. The molecule has 4 heterocycles. The number of likely N-dealkylation sites (tertiary alicyclic amines) is 1. The predicted octanol–water partition coefficient (Wildman–Crippen LogP) is 5.71. The Morgan fingerprint density at radius 1 is 1.02 bits per heavy atom. The third-order valence-electron chi connectivity index (χ3n) is 8.33. The van der Waals surface area contributed by atoms with Gasteiger partial charge in [0.25, 0.3) is 5.91 Å². The molecule has 4 N–H and O–H groups in total. The number of nitrogens with one attached hydrogen (secondary N) is 4. The lowest BCUT2D eigenvalue weighted by Crippen LogP contribution is -2.53. The standard InChI is InChI=1S/C33H40N8O3/c1-21(2)27-10-9-25(18-22(27)3)37-32(42)23-6-4-7-24(19-23)35-28-11-12-34-30-29(28)31(39-38-30)36-26-8-5-13-41(20-26)33(43)40-14-16-44-17-15-40/h4,6-7,9-12,18-19,21,26H,5,8,13-17,20H2,1-3H3,(H,37,42)(H3,34,35,36,38,39). The van der Waals surface area contributed by atoms with Crippen molar-refractivity contribution in [1.82, 2.24) is 25.0 Å². The van der Waals surface area contributed by atoms with Gasteiger partial charge < -0.3 is 30.5 Å². The number of H-pyrrole nitrogens is 1. The number of piperidine rings is 1. The largest absolute Gasteiger partial charge is 0.378 e. The zero-order chi connectivity index (χ0) is 30.6. The summed E-state index contributed by atoms with van der Waals surface area (Å²) in [6.45, 7) is 10.2. The summed E-state index contributed by atoms with van der Waals surface area (Å²) in [4.78, 5) is 34.5. The molecular weight excluding hydrogens is 556 g/mol. The van der Waals surface area contributed by atoms with Gasteiger partial charge in [0.2, 0.25) is 0 Å². The summed E-state index contributed by atoms with van der Waals surface area (Å²) in [7, 11) is 0. The van der Waals surface area contributed by atoms with Gasteiger partial charge in [-0.2, -0.15) is 5.10 Å². The molecule has 3 amide bonds. The number of hydrogen-bond acceptors (Lipinski definition) is 7. The average Bonchev–Trinajstić information content (AvgIpc) is 3.44. The number of benzene rings is 2. The van der Waals surface area contributed by atoms with E-state index in [9.17, 15) is 9.59 Å². The van der Waals surface area contributed by atoms with E-state index in [1.165, 1.54) is 5.56 Å². The molecule has 2 aromatic heterocycles. The van der Waals surface area contributed by atoms with Crippen molar-refractivity contribution in [2.24, 2.45) is 0 Å². The number of pyridine rings is 1. The molecule has 0 spiro atoms. The van der Waals surface area contributed by atoms with Crippen LogP contribution in [0.5, 0.6) is 0 Å². The van der Waals surface area contributed by atoms with E-state index in [0.717, 1.165) is 47.4 Å². The Labute approximate surface area is 257 Å². The van der Waals surface area contributed by atoms with Crippen LogP contribution in [-0.2, 0) is 4.74 Å². The zero-order valence-corrected chi connectivity index (χ0v) is 25.5. The maximum absolute atomic E-state index is 13.2. The molecule has 0 aliphatic carbocycles. The van der Waals surface area contributed by atoms with Gasteiger partial charge in [-0.3, -0.25) is 9.89 Å². The number of urea groups is 1. The van der Waals surface area contributed by atoms with Gasteiger partial charge in [0.15, 0.2) is 11.5 Å². The van der Waals surface area contributed by atoms with Crippen LogP contribution < -0.4 is 16.0 Å². The third kappa shape index (κ3) is 6.47. The average molecular weight is 597 g/mol. The Balaban J connectivity index is 1.16. The fourth-order valence-electron chi connectivity index (χ4n) is 6.07. The lowest BCUT2D eigenvalue weighted by atomic mass is 9.97. The summed E-state index contributed by atoms with van der Waals surface area (Å²) in [5.74, 6) is 0.926. The molecule has 2 aliphatic heterocycles. The number of aromatic nitrogens is 3. The van der Waals surface area contributed by atoms with E-state index in [0.29, 0.717) is 55.8 Å². The van der Waals surface area contributed by atoms with E-state index in [2.05, 4.69) is 58.0 Å². The van der Waals surface area contributed by atoms with Crippen LogP contribution in [0.4, 0.5) is 27.7 Å². The van der Waals surface area contributed by atoms with Crippen molar-refractivity contribution in [3.63, 3.8) is 0 Å². The minimum Gasteiger partial charge on any atom is -0.378 e. The van der Waals surface area contributed by atoms with Gasteiger partial charge in [0.05, 0.1) is 24.3 Å². The maximum Gasteiger partial charge on any atom is 0.320 e. The van der Waals surface area contributed by atoms with Crippen LogP contribution in [0.15, 0.2) is 54.7 Å². The Kier molecular flexibility index (Phi) is 8.65. The number of fused-ring (bicyclic) bond motifs is 1. The van der Waals surface area contributed by atoms with Crippen LogP contribution >= 0.6 is 0 Å². The van der Waals surface area contributed by atoms with Crippen molar-refractivity contribution < 1.29 is 14.3 Å². The number of aryl methyl sites for hydroxylation is 1. The predicted molar refractivity (Wildman–Crippen MR) is 173 cm³/mol. The first kappa shape index (κ1) is 29.4. The molecule has 11 heteroatoms. The monoisotopic (exact) mass is 596 g/mol. The number of anilines is 4. The van der Waals surface area contributed by atoms with E-state index in [1.807, 2.05) is 46.2 Å². The first-order chi connectivity index (χ1) is 21.4. The highest BCUT2D eigenvalue weighted by Gasteiger charge is 2.29. The minimum absolute atomic E-state index is 0.0542. The number of amides is 3. The number of carbonyl (C=O) groups is 2. The summed E-state index contributed by atoms with van der Waals surface area (Å²) in [5, 5.41) is 18.4. The van der Waals surface area contributed by atoms with E-state index in [-0.39, 0.29) is 18.0 Å². The Bertz CT molecular complexity index is 1650. The van der Waals surface area contributed by atoms with Crippen LogP contribution in [0.2, 0.25) is 0 Å². The van der Waals surface area contributed by atoms with Gasteiger partial charge in [-0.05, 0) is 73.2 Å². The Morgan fingerprint density at radius 3 is 2.66 bits per heavy atom. The van der Waals surface area contributed by atoms with Gasteiger partial charge in [0.1, 0.15) is 0 Å². The van der Waals surface area contributed by atoms with Gasteiger partial charge in [-0.15, -0.1) is 0 Å². The van der Waals surface area contributed by atoms with Gasteiger partial charge in [0, 0.05) is 55.4 Å². The number of aromatic amines is 1. The molecule has 1 unspecified atom stereocenters. The molecule has 2 aliphatic rings. The first-order valence-corrected chi connectivity index (χ1v) is 15.4. The molecule has 230 valence electrons. The lowest BCUT2D eigenvalue weighted by molar-refractivity contribution is 0.0412. The quantitative estimate of drug-likeness (QED) is 0.215. The van der Waals surface area contributed by atoms with Crippen molar-refractivity contribution in [3.8, 4) is 0 Å². The topological polar surface area (TPSA) is 128 Å². The van der Waals surface area contributed by atoms with E-state index in [1.54, 1.807) is 12.3 Å². The number of hydrogen-bond donors (Lipinski definition) is 4. The summed E-state index contributed by atoms with van der Waals surface area (Å²) >= 11 is 0. The summed E-state index contributed by atoms with van der Waals surface area (Å²) in [6.07, 6.45) is 3.56. The highest BCUT2D eigenvalue weighted by molar-refractivity contribution is 6.05. The van der Waals surface area contributed by atoms with Gasteiger partial charge in [-0.25, -0.2) is 9.78 Å². The molecule has 6 rings (SSSR count). The van der Waals surface area contributed by atoms with Crippen LogP contribution in [0.25, 0.3) is 11.0 Å². The molecule has 0 bridgehead atoms. The second-order valence-electron chi connectivity index (χ2n) is 11.9. The fourth-order valence-corrected chi connectivity index (χ4v) is 6.07. The van der Waals surface area contributed by atoms with Crippen LogP contribution in [-0.4, -0.2) is 82.4 Å². The molecule has 2 saturated heterocycles. The van der Waals surface area contributed by atoms with Crippen LogP contribution in [0, 0.1) is 6.92 Å². The van der Waals surface area contributed by atoms with Gasteiger partial charge in [-0.1, -0.05) is 26.0 Å². The molecule has 2 aromatic carbocycles. The molecule has 0 radical (unpaired) electrons. The molecular formula is C33H40N8O3. The highest BCUT2D eigenvalue weighted by atomic mass is 16.5. The second-order valence-corrected chi connectivity index (χ2v) is 11.9. The molecule has 44 heavy (non-hydrogen) atoms. The normalized spacial score (nSPS) is 17.1. The van der Waals surface area contributed by atoms with Gasteiger partial charge >= 0.3 is 6.03 Å². The second kappa shape index (κ2) is 12.9. The summed E-state index contributed by atoms with van der Waals surface area (Å²) in [5.41, 5.74) is 5.96. The minimum atomic E-state index is -0.177. The molecule has 2 fully saturated rings.